The molecule has 0 radical (unpaired) electrons. The fourth-order valence-electron chi connectivity index (χ4n) is 1.82. The lowest BCUT2D eigenvalue weighted by molar-refractivity contribution is 0.178. The Kier molecular flexibility index (Phi) is 4.74. The third kappa shape index (κ3) is 3.30. The number of halogens is 3. The molecule has 4 nitrogen and oxygen atoms in total. The Morgan fingerprint density at radius 3 is 2.57 bits per heavy atom. The van der Waals surface area contributed by atoms with E-state index in [4.69, 9.17) is 4.74 Å². The molecule has 112 valence electrons. The molecule has 1 aromatic carbocycles. The average Bonchev–Trinajstić information content (AvgIpc) is 2.45. The van der Waals surface area contributed by atoms with Gasteiger partial charge >= 0.3 is 0 Å². The van der Waals surface area contributed by atoms with Gasteiger partial charge in [-0.2, -0.15) is 0 Å². The normalized spacial score (nSPS) is 10.7. The van der Waals surface area contributed by atoms with Gasteiger partial charge < -0.3 is 10.1 Å². The van der Waals surface area contributed by atoms with E-state index in [2.05, 4.69) is 15.3 Å². The Morgan fingerprint density at radius 1 is 1.14 bits per heavy atom. The quantitative estimate of drug-likeness (QED) is 0.861. The standard InChI is InChI=1S/C14H14F3N3O/c1-3-18-11-6-10(19-12(20-11)7-21-2)8-4-5-9(15)14(17)13(8)16/h4-6H,3,7H2,1-2H3,(H,18,19,20). The molecule has 0 saturated carbocycles. The monoisotopic (exact) mass is 297 g/mol. The molecule has 0 atom stereocenters. The summed E-state index contributed by atoms with van der Waals surface area (Å²) in [5.74, 6) is -3.27. The van der Waals surface area contributed by atoms with Crippen LogP contribution >= 0.6 is 0 Å². The predicted molar refractivity (Wildman–Crippen MR) is 72.2 cm³/mol. The van der Waals surface area contributed by atoms with Gasteiger partial charge in [0, 0.05) is 25.3 Å². The van der Waals surface area contributed by atoms with Crippen LogP contribution in [0.4, 0.5) is 19.0 Å². The summed E-state index contributed by atoms with van der Waals surface area (Å²) in [4.78, 5) is 8.27. The van der Waals surface area contributed by atoms with Crippen molar-refractivity contribution in [3.8, 4) is 11.3 Å². The van der Waals surface area contributed by atoms with Gasteiger partial charge in [-0.3, -0.25) is 0 Å². The number of anilines is 1. The molecule has 0 bridgehead atoms. The number of aromatic nitrogens is 2. The van der Waals surface area contributed by atoms with Crippen molar-refractivity contribution in [2.45, 2.75) is 13.5 Å². The molecule has 2 aromatic rings. The van der Waals surface area contributed by atoms with Gasteiger partial charge in [0.1, 0.15) is 12.4 Å². The van der Waals surface area contributed by atoms with E-state index in [0.29, 0.717) is 18.2 Å². The minimum absolute atomic E-state index is 0.123. The van der Waals surface area contributed by atoms with Crippen LogP contribution in [0.2, 0.25) is 0 Å². The van der Waals surface area contributed by atoms with Crippen LogP contribution in [0.15, 0.2) is 18.2 Å². The molecule has 0 aliphatic rings. The fraction of sp³-hybridized carbons (Fsp3) is 0.286. The third-order valence-electron chi connectivity index (χ3n) is 2.71. The molecule has 1 aromatic heterocycles. The van der Waals surface area contributed by atoms with Gasteiger partial charge in [-0.1, -0.05) is 0 Å². The summed E-state index contributed by atoms with van der Waals surface area (Å²) in [5, 5.41) is 2.97. The van der Waals surface area contributed by atoms with E-state index in [1.54, 1.807) is 0 Å². The first-order valence-electron chi connectivity index (χ1n) is 6.31. The number of methoxy groups -OCH3 is 1. The van der Waals surface area contributed by atoms with Crippen LogP contribution in [0.3, 0.4) is 0 Å². The highest BCUT2D eigenvalue weighted by Crippen LogP contribution is 2.26. The van der Waals surface area contributed by atoms with Crippen LogP contribution in [-0.4, -0.2) is 23.6 Å². The Balaban J connectivity index is 2.54. The van der Waals surface area contributed by atoms with Crippen molar-refractivity contribution < 1.29 is 17.9 Å². The number of benzene rings is 1. The minimum atomic E-state index is -1.52. The van der Waals surface area contributed by atoms with Gasteiger partial charge in [0.05, 0.1) is 5.69 Å². The largest absolute Gasteiger partial charge is 0.377 e. The summed E-state index contributed by atoms with van der Waals surface area (Å²) >= 11 is 0. The molecule has 0 aliphatic heterocycles. The summed E-state index contributed by atoms with van der Waals surface area (Å²) in [6.45, 7) is 2.59. The SMILES string of the molecule is CCNc1cc(-c2ccc(F)c(F)c2F)nc(COC)n1. The van der Waals surface area contributed by atoms with Crippen LogP contribution in [0.1, 0.15) is 12.7 Å². The lowest BCUT2D eigenvalue weighted by atomic mass is 10.1. The lowest BCUT2D eigenvalue weighted by Gasteiger charge is -2.10. The average molecular weight is 297 g/mol. The van der Waals surface area contributed by atoms with E-state index >= 15 is 0 Å². The second-order valence-corrected chi connectivity index (χ2v) is 4.24. The smallest absolute Gasteiger partial charge is 0.195 e. The van der Waals surface area contributed by atoms with Gasteiger partial charge in [0.2, 0.25) is 0 Å². The molecule has 7 heteroatoms. The second-order valence-electron chi connectivity index (χ2n) is 4.24. The van der Waals surface area contributed by atoms with Crippen LogP contribution in [0, 0.1) is 17.5 Å². The van der Waals surface area contributed by atoms with Crippen molar-refractivity contribution >= 4 is 5.82 Å². The van der Waals surface area contributed by atoms with Gasteiger partial charge in [0.25, 0.3) is 0 Å². The summed E-state index contributed by atoms with van der Waals surface area (Å²) in [6.07, 6.45) is 0. The van der Waals surface area contributed by atoms with Crippen molar-refractivity contribution in [1.82, 2.24) is 9.97 Å². The predicted octanol–water partition coefficient (Wildman–Crippen LogP) is 3.14. The van der Waals surface area contributed by atoms with Crippen LogP contribution in [0.5, 0.6) is 0 Å². The van der Waals surface area contributed by atoms with E-state index < -0.39 is 17.5 Å². The van der Waals surface area contributed by atoms with Gasteiger partial charge in [0.15, 0.2) is 23.3 Å². The Bertz CT molecular complexity index is 625. The van der Waals surface area contributed by atoms with E-state index in [1.165, 1.54) is 13.2 Å². The summed E-state index contributed by atoms with van der Waals surface area (Å²) < 4.78 is 45.1. The Hall–Kier alpha value is -2.15. The molecule has 1 heterocycles. The number of nitrogens with one attached hydrogen (secondary N) is 1. The topological polar surface area (TPSA) is 47.0 Å². The van der Waals surface area contributed by atoms with Gasteiger partial charge in [-0.15, -0.1) is 0 Å². The summed E-state index contributed by atoms with van der Waals surface area (Å²) in [5.41, 5.74) is 0.0252. The molecule has 0 aliphatic carbocycles. The molecule has 1 N–H and O–H groups in total. The maximum atomic E-state index is 13.9. The number of hydrogen-bond acceptors (Lipinski definition) is 4. The zero-order valence-electron chi connectivity index (χ0n) is 11.6. The molecule has 0 unspecified atom stereocenters. The van der Waals surface area contributed by atoms with Crippen molar-refractivity contribution in [1.29, 1.82) is 0 Å². The van der Waals surface area contributed by atoms with E-state index in [-0.39, 0.29) is 17.9 Å². The van der Waals surface area contributed by atoms with Crippen molar-refractivity contribution in [2.24, 2.45) is 0 Å². The molecule has 0 saturated heterocycles. The second kappa shape index (κ2) is 6.53. The molecule has 0 amide bonds. The van der Waals surface area contributed by atoms with Crippen molar-refractivity contribution in [3.05, 3.63) is 41.5 Å². The molecular formula is C14H14F3N3O. The Morgan fingerprint density at radius 2 is 1.90 bits per heavy atom. The maximum Gasteiger partial charge on any atom is 0.195 e. The van der Waals surface area contributed by atoms with Crippen LogP contribution < -0.4 is 5.32 Å². The zero-order valence-corrected chi connectivity index (χ0v) is 11.6. The van der Waals surface area contributed by atoms with E-state index in [1.807, 2.05) is 6.92 Å². The minimum Gasteiger partial charge on any atom is -0.377 e. The van der Waals surface area contributed by atoms with Crippen LogP contribution in [0.25, 0.3) is 11.3 Å². The highest BCUT2D eigenvalue weighted by atomic mass is 19.2. The Labute approximate surface area is 120 Å². The lowest BCUT2D eigenvalue weighted by Crippen LogP contribution is -2.06. The van der Waals surface area contributed by atoms with Crippen molar-refractivity contribution in [3.63, 3.8) is 0 Å². The number of nitrogens with zero attached hydrogens (tertiary/aromatic N) is 2. The molecule has 2 rings (SSSR count). The molecule has 0 fully saturated rings. The molecule has 0 spiro atoms. The number of rotatable bonds is 5. The number of ether oxygens (including phenoxy) is 1. The third-order valence-corrected chi connectivity index (χ3v) is 2.71. The first kappa shape index (κ1) is 15.2. The van der Waals surface area contributed by atoms with Gasteiger partial charge in [-0.25, -0.2) is 23.1 Å². The zero-order chi connectivity index (χ0) is 15.4. The summed E-state index contributed by atoms with van der Waals surface area (Å²) in [6, 6.07) is 3.47. The van der Waals surface area contributed by atoms with E-state index in [9.17, 15) is 13.2 Å². The first-order chi connectivity index (χ1) is 10.1. The number of hydrogen-bond donors (Lipinski definition) is 1. The first-order valence-corrected chi connectivity index (χ1v) is 6.31. The fourth-order valence-corrected chi connectivity index (χ4v) is 1.82. The van der Waals surface area contributed by atoms with Crippen LogP contribution in [-0.2, 0) is 11.3 Å². The molecular weight excluding hydrogens is 283 g/mol. The highest BCUT2D eigenvalue weighted by Gasteiger charge is 2.17. The highest BCUT2D eigenvalue weighted by molar-refractivity contribution is 5.63. The molecule has 21 heavy (non-hydrogen) atoms. The van der Waals surface area contributed by atoms with E-state index in [0.717, 1.165) is 12.1 Å². The summed E-state index contributed by atoms with van der Waals surface area (Å²) in [7, 11) is 1.47. The van der Waals surface area contributed by atoms with Crippen molar-refractivity contribution in [2.75, 3.05) is 19.0 Å². The maximum absolute atomic E-state index is 13.9. The van der Waals surface area contributed by atoms with Gasteiger partial charge in [-0.05, 0) is 19.1 Å².